The van der Waals surface area contributed by atoms with Crippen LogP contribution in [0.5, 0.6) is 0 Å². The van der Waals surface area contributed by atoms with Crippen LogP contribution in [0.1, 0.15) is 19.1 Å². The van der Waals surface area contributed by atoms with Crippen LogP contribution >= 0.6 is 0 Å². The fourth-order valence-electron chi connectivity index (χ4n) is 1.13. The van der Waals surface area contributed by atoms with Crippen LogP contribution in [0.15, 0.2) is 28.9 Å². The summed E-state index contributed by atoms with van der Waals surface area (Å²) in [5, 5.41) is 2.76. The highest BCUT2D eigenvalue weighted by atomic mass is 16.5. The molecule has 1 rings (SSSR count). The van der Waals surface area contributed by atoms with Crippen LogP contribution in [0.25, 0.3) is 6.08 Å². The maximum Gasteiger partial charge on any atom is 0.244 e. The Bertz CT molecular complexity index is 317. The largest absolute Gasteiger partial charge is 0.465 e. The van der Waals surface area contributed by atoms with Crippen LogP contribution in [-0.2, 0) is 9.53 Å². The van der Waals surface area contributed by atoms with Gasteiger partial charge in [0.2, 0.25) is 5.91 Å². The van der Waals surface area contributed by atoms with Gasteiger partial charge in [0.1, 0.15) is 5.76 Å². The Morgan fingerprint density at radius 1 is 1.62 bits per heavy atom. The van der Waals surface area contributed by atoms with Gasteiger partial charge in [0.05, 0.1) is 6.26 Å². The first-order chi connectivity index (χ1) is 7.83. The molecule has 1 amide bonds. The summed E-state index contributed by atoms with van der Waals surface area (Å²) in [5.41, 5.74) is 0. The number of nitrogens with one attached hydrogen (secondary N) is 1. The van der Waals surface area contributed by atoms with Crippen molar-refractivity contribution in [3.63, 3.8) is 0 Å². The minimum absolute atomic E-state index is 0.118. The van der Waals surface area contributed by atoms with Crippen LogP contribution in [0.3, 0.4) is 0 Å². The van der Waals surface area contributed by atoms with E-state index in [9.17, 15) is 4.79 Å². The lowest BCUT2D eigenvalue weighted by molar-refractivity contribution is -0.116. The van der Waals surface area contributed by atoms with E-state index < -0.39 is 0 Å². The van der Waals surface area contributed by atoms with Crippen LogP contribution < -0.4 is 5.32 Å². The van der Waals surface area contributed by atoms with Gasteiger partial charge >= 0.3 is 0 Å². The predicted molar refractivity (Wildman–Crippen MR) is 61.9 cm³/mol. The molecule has 0 saturated carbocycles. The molecule has 0 unspecified atom stereocenters. The zero-order chi connectivity index (χ0) is 11.6. The van der Waals surface area contributed by atoms with E-state index in [1.807, 2.05) is 6.92 Å². The van der Waals surface area contributed by atoms with Gasteiger partial charge in [0, 0.05) is 25.8 Å². The van der Waals surface area contributed by atoms with Crippen molar-refractivity contribution in [1.82, 2.24) is 5.32 Å². The normalized spacial score (nSPS) is 10.8. The Kier molecular flexibility index (Phi) is 6.03. The van der Waals surface area contributed by atoms with Crippen LogP contribution in [-0.4, -0.2) is 25.7 Å². The molecule has 0 aliphatic rings. The topological polar surface area (TPSA) is 51.5 Å². The van der Waals surface area contributed by atoms with Crippen molar-refractivity contribution >= 4 is 12.0 Å². The van der Waals surface area contributed by atoms with E-state index in [1.165, 1.54) is 6.08 Å². The van der Waals surface area contributed by atoms with Crippen molar-refractivity contribution < 1.29 is 13.9 Å². The van der Waals surface area contributed by atoms with Crippen molar-refractivity contribution in [2.24, 2.45) is 0 Å². The molecule has 4 heteroatoms. The lowest BCUT2D eigenvalue weighted by atomic mass is 10.3. The standard InChI is InChI=1S/C12H17NO3/c1-2-15-9-4-8-13-12(14)7-6-11-5-3-10-16-11/h3,5-7,10H,2,4,8-9H2,1H3,(H,13,14)/b7-6+. The van der Waals surface area contributed by atoms with E-state index in [0.717, 1.165) is 6.42 Å². The fourth-order valence-corrected chi connectivity index (χ4v) is 1.13. The van der Waals surface area contributed by atoms with E-state index in [-0.39, 0.29) is 5.91 Å². The number of ether oxygens (including phenoxy) is 1. The lowest BCUT2D eigenvalue weighted by Gasteiger charge is -2.01. The Morgan fingerprint density at radius 3 is 3.19 bits per heavy atom. The Labute approximate surface area is 95.3 Å². The average molecular weight is 223 g/mol. The molecule has 0 aliphatic heterocycles. The molecule has 88 valence electrons. The summed E-state index contributed by atoms with van der Waals surface area (Å²) < 4.78 is 10.2. The van der Waals surface area contributed by atoms with Gasteiger partial charge in [-0.3, -0.25) is 4.79 Å². The molecule has 0 atom stereocenters. The molecule has 0 spiro atoms. The molecule has 1 N–H and O–H groups in total. The van der Waals surface area contributed by atoms with Crippen molar-refractivity contribution in [3.8, 4) is 0 Å². The molecule has 0 aromatic carbocycles. The van der Waals surface area contributed by atoms with E-state index in [2.05, 4.69) is 5.32 Å². The molecule has 0 fully saturated rings. The molecule has 16 heavy (non-hydrogen) atoms. The Balaban J connectivity index is 2.11. The fraction of sp³-hybridized carbons (Fsp3) is 0.417. The molecular formula is C12H17NO3. The number of hydrogen-bond acceptors (Lipinski definition) is 3. The third kappa shape index (κ3) is 5.36. The smallest absolute Gasteiger partial charge is 0.244 e. The van der Waals surface area contributed by atoms with Crippen molar-refractivity contribution in [1.29, 1.82) is 0 Å². The first-order valence-electron chi connectivity index (χ1n) is 5.40. The Hall–Kier alpha value is -1.55. The molecular weight excluding hydrogens is 206 g/mol. The number of carbonyl (C=O) groups is 1. The maximum absolute atomic E-state index is 11.3. The monoisotopic (exact) mass is 223 g/mol. The molecule has 1 heterocycles. The summed E-state index contributed by atoms with van der Waals surface area (Å²) in [7, 11) is 0. The van der Waals surface area contributed by atoms with Gasteiger partial charge in [-0.05, 0) is 31.6 Å². The van der Waals surface area contributed by atoms with Crippen LogP contribution in [0.4, 0.5) is 0 Å². The van der Waals surface area contributed by atoms with Crippen molar-refractivity contribution in [2.45, 2.75) is 13.3 Å². The van der Waals surface area contributed by atoms with Gasteiger partial charge in [-0.2, -0.15) is 0 Å². The first-order valence-corrected chi connectivity index (χ1v) is 5.40. The number of rotatable bonds is 7. The maximum atomic E-state index is 11.3. The van der Waals surface area contributed by atoms with Crippen LogP contribution in [0.2, 0.25) is 0 Å². The molecule has 0 radical (unpaired) electrons. The minimum Gasteiger partial charge on any atom is -0.465 e. The summed E-state index contributed by atoms with van der Waals surface area (Å²) >= 11 is 0. The highest BCUT2D eigenvalue weighted by Crippen LogP contribution is 2.01. The third-order valence-electron chi connectivity index (χ3n) is 1.91. The molecule has 0 bridgehead atoms. The number of hydrogen-bond donors (Lipinski definition) is 1. The zero-order valence-corrected chi connectivity index (χ0v) is 9.44. The van der Waals surface area contributed by atoms with E-state index in [0.29, 0.717) is 25.5 Å². The highest BCUT2D eigenvalue weighted by molar-refractivity contribution is 5.91. The SMILES string of the molecule is CCOCCCNC(=O)/C=C/c1ccco1. The zero-order valence-electron chi connectivity index (χ0n) is 9.44. The molecule has 1 aromatic rings. The summed E-state index contributed by atoms with van der Waals surface area (Å²) in [5.74, 6) is 0.553. The number of furan rings is 1. The highest BCUT2D eigenvalue weighted by Gasteiger charge is 1.95. The van der Waals surface area contributed by atoms with Gasteiger partial charge in [0.25, 0.3) is 0 Å². The quantitative estimate of drug-likeness (QED) is 0.566. The predicted octanol–water partition coefficient (Wildman–Crippen LogP) is 1.84. The summed E-state index contributed by atoms with van der Waals surface area (Å²) in [6, 6.07) is 3.57. The number of amides is 1. The summed E-state index contributed by atoms with van der Waals surface area (Å²) in [4.78, 5) is 11.3. The number of carbonyl (C=O) groups excluding carboxylic acids is 1. The third-order valence-corrected chi connectivity index (χ3v) is 1.91. The van der Waals surface area contributed by atoms with Gasteiger partial charge in [-0.25, -0.2) is 0 Å². The van der Waals surface area contributed by atoms with Gasteiger partial charge < -0.3 is 14.5 Å². The lowest BCUT2D eigenvalue weighted by Crippen LogP contribution is -2.23. The molecule has 0 aliphatic carbocycles. The van der Waals surface area contributed by atoms with Crippen molar-refractivity contribution in [2.75, 3.05) is 19.8 Å². The second-order valence-corrected chi connectivity index (χ2v) is 3.19. The average Bonchev–Trinajstić information content (AvgIpc) is 2.79. The summed E-state index contributed by atoms with van der Waals surface area (Å²) in [6.07, 6.45) is 5.49. The van der Waals surface area contributed by atoms with E-state index in [4.69, 9.17) is 9.15 Å². The first kappa shape index (κ1) is 12.5. The van der Waals surface area contributed by atoms with E-state index >= 15 is 0 Å². The van der Waals surface area contributed by atoms with Crippen molar-refractivity contribution in [3.05, 3.63) is 30.2 Å². The molecule has 4 nitrogen and oxygen atoms in total. The van der Waals surface area contributed by atoms with Gasteiger partial charge in [0.15, 0.2) is 0 Å². The van der Waals surface area contributed by atoms with Gasteiger partial charge in [-0.15, -0.1) is 0 Å². The van der Waals surface area contributed by atoms with Crippen LogP contribution in [0, 0.1) is 0 Å². The minimum atomic E-state index is -0.118. The second-order valence-electron chi connectivity index (χ2n) is 3.19. The van der Waals surface area contributed by atoms with Gasteiger partial charge in [-0.1, -0.05) is 0 Å². The van der Waals surface area contributed by atoms with E-state index in [1.54, 1.807) is 24.5 Å². The molecule has 1 aromatic heterocycles. The second kappa shape index (κ2) is 7.70. The molecule has 0 saturated heterocycles. The Morgan fingerprint density at radius 2 is 2.50 bits per heavy atom. The summed E-state index contributed by atoms with van der Waals surface area (Å²) in [6.45, 7) is 3.97.